The van der Waals surface area contributed by atoms with Crippen molar-refractivity contribution in [2.24, 2.45) is 0 Å². The Kier molecular flexibility index (Phi) is 2.91. The highest BCUT2D eigenvalue weighted by molar-refractivity contribution is 9.10. The van der Waals surface area contributed by atoms with Crippen LogP contribution in [0, 0.1) is 6.92 Å². The van der Waals surface area contributed by atoms with Crippen molar-refractivity contribution in [2.75, 3.05) is 0 Å². The van der Waals surface area contributed by atoms with Crippen molar-refractivity contribution in [2.45, 2.75) is 20.4 Å². The van der Waals surface area contributed by atoms with Crippen molar-refractivity contribution < 1.29 is 0 Å². The monoisotopic (exact) mass is 264 g/mol. The molecule has 0 unspecified atom stereocenters. The maximum absolute atomic E-state index is 4.44. The summed E-state index contributed by atoms with van der Waals surface area (Å²) in [6, 6.07) is 10.4. The molecule has 0 aliphatic rings. The molecule has 0 aliphatic heterocycles. The number of halogens is 1. The third-order valence-electron chi connectivity index (χ3n) is 2.32. The minimum Gasteiger partial charge on any atom is -0.265 e. The largest absolute Gasteiger partial charge is 0.265 e. The van der Waals surface area contributed by atoms with Crippen LogP contribution in [0.5, 0.6) is 0 Å². The summed E-state index contributed by atoms with van der Waals surface area (Å²) in [7, 11) is 0. The first kappa shape index (κ1) is 10.4. The molecule has 15 heavy (non-hydrogen) atoms. The van der Waals surface area contributed by atoms with E-state index >= 15 is 0 Å². The topological polar surface area (TPSA) is 17.8 Å². The molecule has 2 aromatic rings. The fraction of sp³-hybridized carbons (Fsp3) is 0.250. The Hall–Kier alpha value is -1.09. The predicted octanol–water partition coefficient (Wildman–Crippen LogP) is 3.64. The van der Waals surface area contributed by atoms with Crippen LogP contribution in [-0.2, 0) is 6.54 Å². The van der Waals surface area contributed by atoms with Crippen molar-refractivity contribution in [3.05, 3.63) is 40.5 Å². The first-order chi connectivity index (χ1) is 7.20. The minimum atomic E-state index is 0.898. The summed E-state index contributed by atoms with van der Waals surface area (Å²) < 4.78 is 3.12. The number of aryl methyl sites for hydroxylation is 2. The van der Waals surface area contributed by atoms with Crippen LogP contribution in [0.1, 0.15) is 12.6 Å². The molecule has 0 N–H and O–H groups in total. The minimum absolute atomic E-state index is 0.898. The summed E-state index contributed by atoms with van der Waals surface area (Å²) >= 11 is 3.48. The van der Waals surface area contributed by atoms with Gasteiger partial charge in [0.2, 0.25) is 0 Å². The van der Waals surface area contributed by atoms with Crippen LogP contribution in [0.3, 0.4) is 0 Å². The predicted molar refractivity (Wildman–Crippen MR) is 65.8 cm³/mol. The molecule has 2 rings (SSSR count). The number of hydrogen-bond donors (Lipinski definition) is 0. The second-order valence-corrected chi connectivity index (χ2v) is 4.41. The Morgan fingerprint density at radius 3 is 2.80 bits per heavy atom. The van der Waals surface area contributed by atoms with E-state index in [2.05, 4.69) is 46.2 Å². The van der Waals surface area contributed by atoms with Crippen LogP contribution in [0.4, 0.5) is 0 Å². The molecule has 0 bridgehead atoms. The van der Waals surface area contributed by atoms with Crippen LogP contribution in [0.25, 0.3) is 11.3 Å². The molecule has 0 saturated heterocycles. The second-order valence-electron chi connectivity index (χ2n) is 3.50. The van der Waals surface area contributed by atoms with Gasteiger partial charge in [-0.2, -0.15) is 5.10 Å². The molecule has 0 radical (unpaired) electrons. The maximum atomic E-state index is 4.44. The summed E-state index contributed by atoms with van der Waals surface area (Å²) in [5.41, 5.74) is 3.44. The number of benzene rings is 1. The average molecular weight is 265 g/mol. The quantitative estimate of drug-likeness (QED) is 0.810. The molecule has 3 heteroatoms. The first-order valence-electron chi connectivity index (χ1n) is 5.01. The van der Waals surface area contributed by atoms with Crippen molar-refractivity contribution >= 4 is 15.9 Å². The summed E-state index contributed by atoms with van der Waals surface area (Å²) in [6.07, 6.45) is 0. The van der Waals surface area contributed by atoms with Crippen molar-refractivity contribution in [1.29, 1.82) is 0 Å². The lowest BCUT2D eigenvalue weighted by Gasteiger charge is -2.04. The summed E-state index contributed by atoms with van der Waals surface area (Å²) in [5, 5.41) is 4.44. The van der Waals surface area contributed by atoms with E-state index < -0.39 is 0 Å². The van der Waals surface area contributed by atoms with E-state index in [0.717, 1.165) is 16.7 Å². The van der Waals surface area contributed by atoms with E-state index in [1.165, 1.54) is 11.3 Å². The standard InChI is InChI=1S/C12H13BrN2/c1-3-15-12(7-9(2)14-15)10-5-4-6-11(13)8-10/h4-8H,3H2,1-2H3. The molecule has 0 spiro atoms. The zero-order chi connectivity index (χ0) is 10.8. The van der Waals surface area contributed by atoms with Gasteiger partial charge in [0.1, 0.15) is 0 Å². The van der Waals surface area contributed by atoms with Gasteiger partial charge < -0.3 is 0 Å². The van der Waals surface area contributed by atoms with Crippen molar-refractivity contribution in [3.8, 4) is 11.3 Å². The fourth-order valence-electron chi connectivity index (χ4n) is 1.67. The normalized spacial score (nSPS) is 10.6. The van der Waals surface area contributed by atoms with Gasteiger partial charge in [-0.25, -0.2) is 0 Å². The first-order valence-corrected chi connectivity index (χ1v) is 5.80. The molecule has 0 saturated carbocycles. The van der Waals surface area contributed by atoms with Crippen molar-refractivity contribution in [1.82, 2.24) is 9.78 Å². The summed E-state index contributed by atoms with van der Waals surface area (Å²) in [6.45, 7) is 5.03. The highest BCUT2D eigenvalue weighted by Crippen LogP contribution is 2.23. The van der Waals surface area contributed by atoms with E-state index in [4.69, 9.17) is 0 Å². The van der Waals surface area contributed by atoms with E-state index in [-0.39, 0.29) is 0 Å². The van der Waals surface area contributed by atoms with Gasteiger partial charge in [0.25, 0.3) is 0 Å². The lowest BCUT2D eigenvalue weighted by molar-refractivity contribution is 0.660. The molecular weight excluding hydrogens is 252 g/mol. The van der Waals surface area contributed by atoms with E-state index in [9.17, 15) is 0 Å². The van der Waals surface area contributed by atoms with Crippen molar-refractivity contribution in [3.63, 3.8) is 0 Å². The van der Waals surface area contributed by atoms with Gasteiger partial charge >= 0.3 is 0 Å². The lowest BCUT2D eigenvalue weighted by Crippen LogP contribution is -1.98. The molecule has 0 fully saturated rings. The van der Waals surface area contributed by atoms with Gasteiger partial charge in [0.15, 0.2) is 0 Å². The van der Waals surface area contributed by atoms with Gasteiger partial charge in [-0.1, -0.05) is 28.1 Å². The van der Waals surface area contributed by atoms with E-state index in [1.54, 1.807) is 0 Å². The molecule has 1 aromatic carbocycles. The van der Waals surface area contributed by atoms with Gasteiger partial charge in [0.05, 0.1) is 11.4 Å². The van der Waals surface area contributed by atoms with Crippen LogP contribution in [0.15, 0.2) is 34.8 Å². The number of aromatic nitrogens is 2. The zero-order valence-electron chi connectivity index (χ0n) is 8.87. The number of nitrogens with zero attached hydrogens (tertiary/aromatic N) is 2. The van der Waals surface area contributed by atoms with Crippen LogP contribution >= 0.6 is 15.9 Å². The molecule has 78 valence electrons. The van der Waals surface area contributed by atoms with Crippen LogP contribution < -0.4 is 0 Å². The maximum Gasteiger partial charge on any atom is 0.0685 e. The molecule has 1 heterocycles. The second kappa shape index (κ2) is 4.19. The molecule has 2 nitrogen and oxygen atoms in total. The Balaban J connectivity index is 2.53. The van der Waals surface area contributed by atoms with Gasteiger partial charge in [-0.05, 0) is 32.0 Å². The average Bonchev–Trinajstić information content (AvgIpc) is 2.59. The zero-order valence-corrected chi connectivity index (χ0v) is 10.5. The Labute approximate surface area is 98.1 Å². The summed E-state index contributed by atoms with van der Waals surface area (Å²) in [4.78, 5) is 0. The van der Waals surface area contributed by atoms with E-state index in [1.807, 2.05) is 23.7 Å². The SMILES string of the molecule is CCn1nc(C)cc1-c1cccc(Br)c1. The third kappa shape index (κ3) is 2.12. The van der Waals surface area contributed by atoms with Gasteiger partial charge in [-0.15, -0.1) is 0 Å². The Morgan fingerprint density at radius 2 is 2.13 bits per heavy atom. The molecule has 0 amide bonds. The van der Waals surface area contributed by atoms with Gasteiger partial charge in [-0.3, -0.25) is 4.68 Å². The molecule has 0 atom stereocenters. The summed E-state index contributed by atoms with van der Waals surface area (Å²) in [5.74, 6) is 0. The lowest BCUT2D eigenvalue weighted by atomic mass is 10.1. The molecular formula is C12H13BrN2. The molecule has 0 aliphatic carbocycles. The smallest absolute Gasteiger partial charge is 0.0685 e. The highest BCUT2D eigenvalue weighted by Gasteiger charge is 2.06. The van der Waals surface area contributed by atoms with Crippen LogP contribution in [-0.4, -0.2) is 9.78 Å². The highest BCUT2D eigenvalue weighted by atomic mass is 79.9. The Bertz CT molecular complexity index is 474. The van der Waals surface area contributed by atoms with Gasteiger partial charge in [0, 0.05) is 16.6 Å². The number of hydrogen-bond acceptors (Lipinski definition) is 1. The van der Waals surface area contributed by atoms with Crippen LogP contribution in [0.2, 0.25) is 0 Å². The third-order valence-corrected chi connectivity index (χ3v) is 2.82. The fourth-order valence-corrected chi connectivity index (χ4v) is 2.07. The van der Waals surface area contributed by atoms with E-state index in [0.29, 0.717) is 0 Å². The Morgan fingerprint density at radius 1 is 1.33 bits per heavy atom. The molecule has 1 aromatic heterocycles. The number of rotatable bonds is 2.